The van der Waals surface area contributed by atoms with Crippen molar-refractivity contribution in [2.24, 2.45) is 0 Å². The fourth-order valence-corrected chi connectivity index (χ4v) is 3.99. The molecule has 3 aromatic carbocycles. The van der Waals surface area contributed by atoms with E-state index in [4.69, 9.17) is 5.11 Å². The van der Waals surface area contributed by atoms with Crippen LogP contribution >= 0.6 is 0 Å². The molecule has 3 N–H and O–H groups in total. The quantitative estimate of drug-likeness (QED) is 0.308. The average Bonchev–Trinajstić information content (AvgIpc) is 2.87. The van der Waals surface area contributed by atoms with Crippen LogP contribution in [-0.2, 0) is 17.8 Å². The molecule has 2 amide bonds. The zero-order chi connectivity index (χ0) is 25.5. The third kappa shape index (κ3) is 6.07. The van der Waals surface area contributed by atoms with Crippen LogP contribution in [-0.4, -0.2) is 21.7 Å². The number of carbonyl (C=O) groups excluding carboxylic acids is 1. The molecule has 36 heavy (non-hydrogen) atoms. The Morgan fingerprint density at radius 3 is 2.25 bits per heavy atom. The molecule has 0 saturated heterocycles. The summed E-state index contributed by atoms with van der Waals surface area (Å²) in [6.07, 6.45) is 2.17. The summed E-state index contributed by atoms with van der Waals surface area (Å²) in [6.45, 7) is 2.27. The molecule has 7 nitrogen and oxygen atoms in total. The second-order valence-corrected chi connectivity index (χ2v) is 8.49. The number of carboxylic acid groups (broad SMARTS) is 1. The van der Waals surface area contributed by atoms with Crippen LogP contribution in [0.15, 0.2) is 95.9 Å². The minimum atomic E-state index is -0.852. The molecule has 4 rings (SSSR count). The summed E-state index contributed by atoms with van der Waals surface area (Å²) in [7, 11) is 0. The predicted molar refractivity (Wildman–Crippen MR) is 141 cm³/mol. The van der Waals surface area contributed by atoms with E-state index in [2.05, 4.69) is 10.6 Å². The zero-order valence-corrected chi connectivity index (χ0v) is 19.9. The molecule has 0 aliphatic heterocycles. The number of pyridine rings is 1. The van der Waals surface area contributed by atoms with E-state index in [0.717, 1.165) is 27.9 Å². The lowest BCUT2D eigenvalue weighted by Gasteiger charge is -2.13. The van der Waals surface area contributed by atoms with Crippen molar-refractivity contribution in [2.45, 2.75) is 26.3 Å². The number of urea groups is 1. The van der Waals surface area contributed by atoms with Crippen molar-refractivity contribution >= 4 is 23.4 Å². The van der Waals surface area contributed by atoms with Gasteiger partial charge in [-0.25, -0.2) is 4.79 Å². The number of aromatic nitrogens is 1. The van der Waals surface area contributed by atoms with Gasteiger partial charge in [-0.3, -0.25) is 9.59 Å². The average molecular weight is 482 g/mol. The van der Waals surface area contributed by atoms with E-state index in [-0.39, 0.29) is 18.0 Å². The molecule has 0 fully saturated rings. The molecule has 0 spiro atoms. The van der Waals surface area contributed by atoms with E-state index in [1.807, 2.05) is 61.5 Å². The van der Waals surface area contributed by atoms with E-state index in [9.17, 15) is 14.4 Å². The third-order valence-corrected chi connectivity index (χ3v) is 5.93. The second kappa shape index (κ2) is 11.2. The van der Waals surface area contributed by atoms with Crippen LogP contribution in [0.5, 0.6) is 0 Å². The largest absolute Gasteiger partial charge is 0.481 e. The summed E-state index contributed by atoms with van der Waals surface area (Å²) in [4.78, 5) is 36.6. The molecule has 0 aliphatic rings. The van der Waals surface area contributed by atoms with E-state index in [0.29, 0.717) is 24.2 Å². The Hall–Kier alpha value is -4.65. The van der Waals surface area contributed by atoms with Crippen LogP contribution in [0.3, 0.4) is 0 Å². The maximum atomic E-state index is 13.2. The lowest BCUT2D eigenvalue weighted by molar-refractivity contribution is -0.136. The van der Waals surface area contributed by atoms with Gasteiger partial charge in [-0.1, -0.05) is 54.6 Å². The van der Waals surface area contributed by atoms with Crippen molar-refractivity contribution in [1.82, 2.24) is 4.57 Å². The van der Waals surface area contributed by atoms with Crippen LogP contribution in [0.2, 0.25) is 0 Å². The van der Waals surface area contributed by atoms with Gasteiger partial charge < -0.3 is 20.3 Å². The number of hydrogen-bond donors (Lipinski definition) is 3. The second-order valence-electron chi connectivity index (χ2n) is 8.49. The number of carbonyl (C=O) groups is 2. The molecule has 0 atom stereocenters. The van der Waals surface area contributed by atoms with Crippen LogP contribution in [0.25, 0.3) is 11.1 Å². The van der Waals surface area contributed by atoms with Crippen LogP contribution in [0.1, 0.15) is 23.1 Å². The molecule has 0 unspecified atom stereocenters. The highest BCUT2D eigenvalue weighted by molar-refractivity contribution is 6.00. The molecule has 1 heterocycles. The molecule has 0 saturated carbocycles. The monoisotopic (exact) mass is 481 g/mol. The Morgan fingerprint density at radius 2 is 1.53 bits per heavy atom. The van der Waals surface area contributed by atoms with Crippen molar-refractivity contribution in [3.05, 3.63) is 118 Å². The lowest BCUT2D eigenvalue weighted by Crippen LogP contribution is -2.22. The van der Waals surface area contributed by atoms with E-state index < -0.39 is 5.97 Å². The Morgan fingerprint density at radius 1 is 0.833 bits per heavy atom. The van der Waals surface area contributed by atoms with Gasteiger partial charge in [0.1, 0.15) is 0 Å². The highest BCUT2D eigenvalue weighted by Gasteiger charge is 2.10. The number of benzene rings is 3. The molecule has 0 aliphatic carbocycles. The van der Waals surface area contributed by atoms with Crippen molar-refractivity contribution < 1.29 is 14.7 Å². The van der Waals surface area contributed by atoms with Gasteiger partial charge in [0.2, 0.25) is 0 Å². The van der Waals surface area contributed by atoms with Gasteiger partial charge in [-0.2, -0.15) is 0 Å². The number of aryl methyl sites for hydroxylation is 2. The number of carboxylic acids is 1. The summed E-state index contributed by atoms with van der Waals surface area (Å²) in [5.41, 5.74) is 5.26. The van der Waals surface area contributed by atoms with Crippen molar-refractivity contribution in [3.8, 4) is 11.1 Å². The minimum Gasteiger partial charge on any atom is -0.481 e. The van der Waals surface area contributed by atoms with Gasteiger partial charge in [0, 0.05) is 29.6 Å². The normalized spacial score (nSPS) is 10.6. The van der Waals surface area contributed by atoms with Crippen LogP contribution < -0.4 is 16.2 Å². The van der Waals surface area contributed by atoms with Crippen molar-refractivity contribution in [1.29, 1.82) is 0 Å². The van der Waals surface area contributed by atoms with Gasteiger partial charge >= 0.3 is 12.0 Å². The van der Waals surface area contributed by atoms with E-state index >= 15 is 0 Å². The van der Waals surface area contributed by atoms with Gasteiger partial charge in [0.05, 0.1) is 6.54 Å². The SMILES string of the molecule is Cc1ccccc1NC(=O)Nc1ccc(-c2cccn(Cc3ccccc3CCC(=O)O)c2=O)cc1. The summed E-state index contributed by atoms with van der Waals surface area (Å²) >= 11 is 0. The summed E-state index contributed by atoms with van der Waals surface area (Å²) < 4.78 is 1.62. The Bertz CT molecular complexity index is 1440. The number of anilines is 2. The number of hydrogen-bond acceptors (Lipinski definition) is 3. The van der Waals surface area contributed by atoms with Gasteiger partial charge in [0.25, 0.3) is 5.56 Å². The number of nitrogens with zero attached hydrogens (tertiary/aromatic N) is 1. The first kappa shape index (κ1) is 24.5. The number of rotatable bonds is 8. The number of aliphatic carboxylic acids is 1. The molecule has 182 valence electrons. The highest BCUT2D eigenvalue weighted by Crippen LogP contribution is 2.20. The zero-order valence-electron chi connectivity index (χ0n) is 19.9. The Labute approximate surface area is 209 Å². The molecule has 7 heteroatoms. The maximum Gasteiger partial charge on any atom is 0.323 e. The fourth-order valence-electron chi connectivity index (χ4n) is 3.99. The fraction of sp³-hybridized carbons (Fsp3) is 0.138. The minimum absolute atomic E-state index is 0.0370. The summed E-state index contributed by atoms with van der Waals surface area (Å²) in [5, 5.41) is 14.7. The van der Waals surface area contributed by atoms with Gasteiger partial charge in [0.15, 0.2) is 0 Å². The van der Waals surface area contributed by atoms with Crippen molar-refractivity contribution in [2.75, 3.05) is 10.6 Å². The van der Waals surface area contributed by atoms with Gasteiger partial charge in [-0.15, -0.1) is 0 Å². The molecule has 1 aromatic heterocycles. The van der Waals surface area contributed by atoms with Gasteiger partial charge in [-0.05, 0) is 65.9 Å². The van der Waals surface area contributed by atoms with Crippen LogP contribution in [0.4, 0.5) is 16.2 Å². The number of para-hydroxylation sites is 1. The first-order chi connectivity index (χ1) is 17.4. The molecule has 0 bridgehead atoms. The standard InChI is InChI=1S/C29H27N3O4/c1-20-7-2-5-11-26(20)31-29(36)30-24-15-12-22(13-16-24)25-10-6-18-32(28(25)35)19-23-9-4-3-8-21(23)14-17-27(33)34/h2-13,15-16,18H,14,17,19H2,1H3,(H,33,34)(H2,30,31,36). The molecule has 0 radical (unpaired) electrons. The summed E-state index contributed by atoms with van der Waals surface area (Å²) in [6, 6.07) is 25.4. The van der Waals surface area contributed by atoms with Crippen LogP contribution in [0, 0.1) is 6.92 Å². The Balaban J connectivity index is 1.48. The third-order valence-electron chi connectivity index (χ3n) is 5.93. The molecular formula is C29H27N3O4. The first-order valence-electron chi connectivity index (χ1n) is 11.6. The first-order valence-corrected chi connectivity index (χ1v) is 11.6. The maximum absolute atomic E-state index is 13.2. The highest BCUT2D eigenvalue weighted by atomic mass is 16.4. The smallest absolute Gasteiger partial charge is 0.323 e. The predicted octanol–water partition coefficient (Wildman–Crippen LogP) is 5.53. The number of amides is 2. The van der Waals surface area contributed by atoms with E-state index in [1.54, 1.807) is 41.1 Å². The molecular weight excluding hydrogens is 454 g/mol. The lowest BCUT2D eigenvalue weighted by atomic mass is 10.0. The topological polar surface area (TPSA) is 100 Å². The number of nitrogens with one attached hydrogen (secondary N) is 2. The summed E-state index contributed by atoms with van der Waals surface area (Å²) in [5.74, 6) is -0.852. The Kier molecular flexibility index (Phi) is 7.60. The van der Waals surface area contributed by atoms with Crippen molar-refractivity contribution in [3.63, 3.8) is 0 Å². The molecule has 4 aromatic rings. The van der Waals surface area contributed by atoms with E-state index in [1.165, 1.54) is 0 Å².